The van der Waals surface area contributed by atoms with Crippen molar-refractivity contribution in [2.75, 3.05) is 21.3 Å². The number of rotatable bonds is 11. The van der Waals surface area contributed by atoms with Crippen LogP contribution in [0.15, 0.2) is 48.5 Å². The molecule has 0 unspecified atom stereocenters. The summed E-state index contributed by atoms with van der Waals surface area (Å²) in [5.41, 5.74) is 3.11. The van der Waals surface area contributed by atoms with E-state index in [0.29, 0.717) is 17.1 Å². The molecular weight excluding hydrogens is 468 g/mol. The molecule has 2 aromatic rings. The fourth-order valence-electron chi connectivity index (χ4n) is 3.43. The summed E-state index contributed by atoms with van der Waals surface area (Å²) in [5, 5.41) is 10.9. The average Bonchev–Trinajstić information content (AvgIpc) is 2.84. The maximum Gasteiger partial charge on any atom is 0.425 e. The van der Waals surface area contributed by atoms with Gasteiger partial charge in [-0.15, -0.1) is 0 Å². The Labute approximate surface area is 211 Å². The van der Waals surface area contributed by atoms with Crippen LogP contribution in [0.2, 0.25) is 0 Å². The van der Waals surface area contributed by atoms with Crippen LogP contribution in [0.5, 0.6) is 11.5 Å². The molecule has 2 rings (SSSR count). The number of hydrogen-bond donors (Lipinski definition) is 2. The van der Waals surface area contributed by atoms with E-state index in [2.05, 4.69) is 5.43 Å². The van der Waals surface area contributed by atoms with Crippen LogP contribution in [0.3, 0.4) is 0 Å². The van der Waals surface area contributed by atoms with Gasteiger partial charge in [0.15, 0.2) is 6.04 Å². The molecule has 1 amide bonds. The third-order valence-electron chi connectivity index (χ3n) is 5.16. The molecule has 2 atom stereocenters. The van der Waals surface area contributed by atoms with Crippen LogP contribution >= 0.6 is 0 Å². The SMILES string of the molecule is COC(=O)[C@H](Cc1ccccc1)N(N[C@@H](Cc1ccc(OC)cc1OC)C(=O)O)C(=O)OC(C)(C)C. The van der Waals surface area contributed by atoms with E-state index in [1.807, 2.05) is 6.07 Å². The lowest BCUT2D eigenvalue weighted by atomic mass is 10.0. The molecule has 0 radical (unpaired) electrons. The van der Waals surface area contributed by atoms with Gasteiger partial charge >= 0.3 is 18.0 Å². The third-order valence-corrected chi connectivity index (χ3v) is 5.16. The fraction of sp³-hybridized carbons (Fsp3) is 0.423. The van der Waals surface area contributed by atoms with E-state index >= 15 is 0 Å². The van der Waals surface area contributed by atoms with Crippen molar-refractivity contribution in [3.05, 3.63) is 59.7 Å². The Kier molecular flexibility index (Phi) is 10.1. The monoisotopic (exact) mass is 502 g/mol. The lowest BCUT2D eigenvalue weighted by Gasteiger charge is -2.34. The Morgan fingerprint density at radius 3 is 2.17 bits per heavy atom. The Hall–Kier alpha value is -3.79. The van der Waals surface area contributed by atoms with Crippen LogP contribution in [0, 0.1) is 0 Å². The van der Waals surface area contributed by atoms with Crippen LogP contribution in [-0.4, -0.2) is 67.2 Å². The topological polar surface area (TPSA) is 124 Å². The van der Waals surface area contributed by atoms with Crippen LogP contribution in [0.25, 0.3) is 0 Å². The minimum atomic E-state index is -1.32. The standard InChI is InChI=1S/C26H34N2O8/c1-26(2,3)36-25(32)28(21(24(31)35-6)14-17-10-8-7-9-11-17)27-20(23(29)30)15-18-12-13-19(33-4)16-22(18)34-5/h7-13,16,20-21,27H,14-15H2,1-6H3,(H,29,30)/t20-,21-/m0/s1. The summed E-state index contributed by atoms with van der Waals surface area (Å²) >= 11 is 0. The highest BCUT2D eigenvalue weighted by Crippen LogP contribution is 2.26. The van der Waals surface area contributed by atoms with Gasteiger partial charge in [-0.05, 0) is 38.0 Å². The van der Waals surface area contributed by atoms with Crippen molar-refractivity contribution >= 4 is 18.0 Å². The number of nitrogens with one attached hydrogen (secondary N) is 1. The Morgan fingerprint density at radius 1 is 0.972 bits per heavy atom. The van der Waals surface area contributed by atoms with E-state index in [1.54, 1.807) is 63.2 Å². The molecule has 36 heavy (non-hydrogen) atoms. The highest BCUT2D eigenvalue weighted by Gasteiger charge is 2.37. The number of carbonyl (C=O) groups is 3. The number of nitrogens with zero attached hydrogens (tertiary/aromatic N) is 1. The number of carbonyl (C=O) groups excluding carboxylic acids is 2. The van der Waals surface area contributed by atoms with Crippen LogP contribution < -0.4 is 14.9 Å². The lowest BCUT2D eigenvalue weighted by Crippen LogP contribution is -2.60. The van der Waals surface area contributed by atoms with Crippen LogP contribution in [-0.2, 0) is 31.9 Å². The van der Waals surface area contributed by atoms with Gasteiger partial charge in [-0.3, -0.25) is 4.79 Å². The van der Waals surface area contributed by atoms with Gasteiger partial charge < -0.3 is 24.1 Å². The van der Waals surface area contributed by atoms with E-state index in [4.69, 9.17) is 18.9 Å². The zero-order chi connectivity index (χ0) is 26.9. The summed E-state index contributed by atoms with van der Waals surface area (Å²) in [6.07, 6.45) is -0.916. The molecule has 10 heteroatoms. The maximum absolute atomic E-state index is 13.2. The first-order valence-corrected chi connectivity index (χ1v) is 11.3. The number of aliphatic carboxylic acids is 1. The molecule has 10 nitrogen and oxygen atoms in total. The number of esters is 1. The summed E-state index contributed by atoms with van der Waals surface area (Å²) < 4.78 is 21.0. The molecule has 0 saturated carbocycles. The largest absolute Gasteiger partial charge is 0.497 e. The molecule has 0 fully saturated rings. The van der Waals surface area contributed by atoms with Gasteiger partial charge in [0, 0.05) is 18.9 Å². The highest BCUT2D eigenvalue weighted by molar-refractivity contribution is 5.82. The molecule has 0 aliphatic rings. The van der Waals surface area contributed by atoms with Crippen LogP contribution in [0.4, 0.5) is 4.79 Å². The van der Waals surface area contributed by atoms with Gasteiger partial charge in [-0.2, -0.15) is 0 Å². The Balaban J connectivity index is 2.45. The summed E-state index contributed by atoms with van der Waals surface area (Å²) in [6.45, 7) is 5.01. The molecule has 0 aliphatic carbocycles. The van der Waals surface area contributed by atoms with Gasteiger partial charge in [0.25, 0.3) is 0 Å². The van der Waals surface area contributed by atoms with Crippen molar-refractivity contribution in [2.45, 2.75) is 51.3 Å². The molecule has 196 valence electrons. The van der Waals surface area contributed by atoms with Crippen molar-refractivity contribution in [2.24, 2.45) is 0 Å². The second kappa shape index (κ2) is 12.8. The molecule has 0 aromatic heterocycles. The molecule has 2 aromatic carbocycles. The normalized spacial score (nSPS) is 12.7. The van der Waals surface area contributed by atoms with Crippen molar-refractivity contribution in [1.82, 2.24) is 10.4 Å². The van der Waals surface area contributed by atoms with Crippen LogP contribution in [0.1, 0.15) is 31.9 Å². The molecular formula is C26H34N2O8. The van der Waals surface area contributed by atoms with Gasteiger partial charge in [-0.25, -0.2) is 20.0 Å². The van der Waals surface area contributed by atoms with Crippen molar-refractivity contribution < 1.29 is 38.4 Å². The van der Waals surface area contributed by atoms with E-state index in [1.165, 1.54) is 21.3 Å². The molecule has 0 saturated heterocycles. The zero-order valence-corrected chi connectivity index (χ0v) is 21.4. The first-order chi connectivity index (χ1) is 17.0. The van der Waals surface area contributed by atoms with E-state index in [0.717, 1.165) is 10.6 Å². The molecule has 0 heterocycles. The molecule has 2 N–H and O–H groups in total. The second-order valence-corrected chi connectivity index (χ2v) is 8.98. The number of carboxylic acid groups (broad SMARTS) is 1. The molecule has 0 aliphatic heterocycles. The number of ether oxygens (including phenoxy) is 4. The van der Waals surface area contributed by atoms with Crippen molar-refractivity contribution in [3.63, 3.8) is 0 Å². The van der Waals surface area contributed by atoms with Gasteiger partial charge in [0.2, 0.25) is 0 Å². The number of benzene rings is 2. The first kappa shape index (κ1) is 28.4. The highest BCUT2D eigenvalue weighted by atomic mass is 16.6. The van der Waals surface area contributed by atoms with Gasteiger partial charge in [0.1, 0.15) is 23.1 Å². The minimum Gasteiger partial charge on any atom is -0.497 e. The number of carboxylic acids is 1. The number of hydrogen-bond acceptors (Lipinski definition) is 8. The van der Waals surface area contributed by atoms with Crippen molar-refractivity contribution in [1.29, 1.82) is 0 Å². The fourth-order valence-corrected chi connectivity index (χ4v) is 3.43. The lowest BCUT2D eigenvalue weighted by molar-refractivity contribution is -0.151. The number of methoxy groups -OCH3 is 3. The smallest absolute Gasteiger partial charge is 0.425 e. The summed E-state index contributed by atoms with van der Waals surface area (Å²) in [6, 6.07) is 11.5. The third kappa shape index (κ3) is 8.16. The van der Waals surface area contributed by atoms with Gasteiger partial charge in [-0.1, -0.05) is 36.4 Å². The first-order valence-electron chi connectivity index (χ1n) is 11.3. The predicted molar refractivity (Wildman–Crippen MR) is 132 cm³/mol. The van der Waals surface area contributed by atoms with E-state index in [9.17, 15) is 19.5 Å². The zero-order valence-electron chi connectivity index (χ0n) is 21.4. The second-order valence-electron chi connectivity index (χ2n) is 8.98. The number of amides is 1. The summed E-state index contributed by atoms with van der Waals surface area (Å²) in [5.74, 6) is -1.02. The quantitative estimate of drug-likeness (QED) is 0.352. The Bertz CT molecular complexity index is 1040. The Morgan fingerprint density at radius 2 is 1.64 bits per heavy atom. The van der Waals surface area contributed by atoms with Gasteiger partial charge in [0.05, 0.1) is 21.3 Å². The summed E-state index contributed by atoms with van der Waals surface area (Å²) in [4.78, 5) is 38.3. The van der Waals surface area contributed by atoms with E-state index < -0.39 is 35.7 Å². The number of hydrazine groups is 1. The average molecular weight is 503 g/mol. The molecule has 0 bridgehead atoms. The maximum atomic E-state index is 13.2. The summed E-state index contributed by atoms with van der Waals surface area (Å²) in [7, 11) is 4.17. The van der Waals surface area contributed by atoms with Crippen molar-refractivity contribution in [3.8, 4) is 11.5 Å². The molecule has 0 spiro atoms. The van der Waals surface area contributed by atoms with E-state index in [-0.39, 0.29) is 12.8 Å². The predicted octanol–water partition coefficient (Wildman–Crippen LogP) is 3.23. The minimum absolute atomic E-state index is 0.0674.